The first-order valence-corrected chi connectivity index (χ1v) is 12.2. The summed E-state index contributed by atoms with van der Waals surface area (Å²) in [5.74, 6) is -1.08. The third kappa shape index (κ3) is 7.35. The number of hydrogen-bond donors (Lipinski definition) is 3. The highest BCUT2D eigenvalue weighted by Gasteiger charge is 2.25. The smallest absolute Gasteiger partial charge is 0.323 e. The first-order valence-electron chi connectivity index (χ1n) is 11.9. The number of hydrogen-bond acceptors (Lipinski definition) is 3. The van der Waals surface area contributed by atoms with Crippen LogP contribution in [0.3, 0.4) is 0 Å². The van der Waals surface area contributed by atoms with Gasteiger partial charge in [0, 0.05) is 24.0 Å². The lowest BCUT2D eigenvalue weighted by Gasteiger charge is -2.38. The molecule has 1 fully saturated rings. The molecule has 1 aliphatic carbocycles. The van der Waals surface area contributed by atoms with Crippen molar-refractivity contribution in [1.82, 2.24) is 0 Å². The fourth-order valence-electron chi connectivity index (χ4n) is 4.44. The van der Waals surface area contributed by atoms with Crippen LogP contribution in [-0.2, 0) is 11.2 Å². The summed E-state index contributed by atoms with van der Waals surface area (Å²) < 4.78 is 14.2. The molecule has 0 aromatic heterocycles. The van der Waals surface area contributed by atoms with E-state index in [0.29, 0.717) is 24.1 Å². The fourth-order valence-corrected chi connectivity index (χ4v) is 4.60. The first kappa shape index (κ1) is 25.8. The van der Waals surface area contributed by atoms with Crippen LogP contribution in [0.4, 0.5) is 26.2 Å². The molecule has 3 N–H and O–H groups in total. The SMILES string of the molecule is CC(C)CN(c1ccc(CCC(=O)O)cc1NC(=O)Nc1ccc(Cl)cc1F)C1CCCCC1. The summed E-state index contributed by atoms with van der Waals surface area (Å²) in [6, 6.07) is 9.57. The Labute approximate surface area is 205 Å². The molecule has 0 spiro atoms. The second kappa shape index (κ2) is 12.1. The Hall–Kier alpha value is -2.80. The molecule has 8 heteroatoms. The summed E-state index contributed by atoms with van der Waals surface area (Å²) in [5, 5.41) is 14.8. The molecule has 0 saturated heterocycles. The highest BCUT2D eigenvalue weighted by molar-refractivity contribution is 6.30. The van der Waals surface area contributed by atoms with Gasteiger partial charge < -0.3 is 20.6 Å². The number of amides is 2. The Kier molecular flexibility index (Phi) is 9.16. The van der Waals surface area contributed by atoms with Gasteiger partial charge in [0.25, 0.3) is 0 Å². The standard InChI is InChI=1S/C26H33ClFN3O3/c1-17(2)16-31(20-6-4-3-5-7-20)24-12-8-18(9-13-25(32)33)14-23(24)30-26(34)29-22-11-10-19(27)15-21(22)28/h8,10-12,14-15,17,20H,3-7,9,13,16H2,1-2H3,(H,32,33)(H2,29,30,34). The number of carboxylic acids is 1. The molecule has 2 aromatic rings. The highest BCUT2D eigenvalue weighted by atomic mass is 35.5. The van der Waals surface area contributed by atoms with Gasteiger partial charge >= 0.3 is 12.0 Å². The summed E-state index contributed by atoms with van der Waals surface area (Å²) in [6.07, 6.45) is 6.12. The molecule has 0 aliphatic heterocycles. The van der Waals surface area contributed by atoms with Gasteiger partial charge in [-0.15, -0.1) is 0 Å². The van der Waals surface area contributed by atoms with E-state index >= 15 is 0 Å². The molecule has 2 aromatic carbocycles. The number of benzene rings is 2. The predicted octanol–water partition coefficient (Wildman–Crippen LogP) is 6.94. The van der Waals surface area contributed by atoms with E-state index < -0.39 is 17.8 Å². The van der Waals surface area contributed by atoms with E-state index in [2.05, 4.69) is 29.4 Å². The number of nitrogens with zero attached hydrogens (tertiary/aromatic N) is 1. The maximum Gasteiger partial charge on any atom is 0.323 e. The molecule has 0 heterocycles. The zero-order valence-corrected chi connectivity index (χ0v) is 20.5. The number of rotatable bonds is 9. The molecule has 6 nitrogen and oxygen atoms in total. The van der Waals surface area contributed by atoms with Crippen LogP contribution in [0.5, 0.6) is 0 Å². The first-order chi connectivity index (χ1) is 16.2. The lowest BCUT2D eigenvalue weighted by atomic mass is 9.92. The van der Waals surface area contributed by atoms with Gasteiger partial charge in [-0.2, -0.15) is 0 Å². The number of carbonyl (C=O) groups excluding carboxylic acids is 1. The summed E-state index contributed by atoms with van der Waals surface area (Å²) in [7, 11) is 0. The maximum atomic E-state index is 14.2. The topological polar surface area (TPSA) is 81.7 Å². The third-order valence-electron chi connectivity index (χ3n) is 6.00. The van der Waals surface area contributed by atoms with Crippen molar-refractivity contribution in [3.05, 3.63) is 52.8 Å². The summed E-state index contributed by atoms with van der Waals surface area (Å²) >= 11 is 5.81. The molecular formula is C26H33ClFN3O3. The van der Waals surface area contributed by atoms with Crippen LogP contribution in [0.25, 0.3) is 0 Å². The van der Waals surface area contributed by atoms with Crippen LogP contribution >= 0.6 is 11.6 Å². The average Bonchev–Trinajstić information content (AvgIpc) is 2.79. The number of carbonyl (C=O) groups is 2. The average molecular weight is 490 g/mol. The van der Waals surface area contributed by atoms with E-state index in [9.17, 15) is 14.0 Å². The van der Waals surface area contributed by atoms with E-state index in [1.165, 1.54) is 31.4 Å². The zero-order chi connectivity index (χ0) is 24.7. The van der Waals surface area contributed by atoms with Crippen molar-refractivity contribution in [3.8, 4) is 0 Å². The summed E-state index contributed by atoms with van der Waals surface area (Å²) in [6.45, 7) is 5.17. The molecule has 0 bridgehead atoms. The number of carboxylic acid groups (broad SMARTS) is 1. The number of aliphatic carboxylic acids is 1. The van der Waals surface area contributed by atoms with Crippen molar-refractivity contribution in [2.75, 3.05) is 22.1 Å². The van der Waals surface area contributed by atoms with Crippen LogP contribution in [0, 0.1) is 11.7 Å². The minimum Gasteiger partial charge on any atom is -0.481 e. The van der Waals surface area contributed by atoms with E-state index in [1.54, 1.807) is 0 Å². The zero-order valence-electron chi connectivity index (χ0n) is 19.7. The number of halogens is 2. The number of anilines is 3. The van der Waals surface area contributed by atoms with Gasteiger partial charge in [0.1, 0.15) is 5.82 Å². The van der Waals surface area contributed by atoms with E-state index in [-0.39, 0.29) is 17.1 Å². The summed E-state index contributed by atoms with van der Waals surface area (Å²) in [5.41, 5.74) is 2.32. The number of aryl methyl sites for hydroxylation is 1. The molecule has 2 amide bonds. The largest absolute Gasteiger partial charge is 0.481 e. The van der Waals surface area contributed by atoms with E-state index in [1.807, 2.05) is 18.2 Å². The van der Waals surface area contributed by atoms with Crippen LogP contribution in [0.1, 0.15) is 57.9 Å². The Bertz CT molecular complexity index is 1010. The Morgan fingerprint density at radius 2 is 1.79 bits per heavy atom. The minimum atomic E-state index is -0.877. The molecule has 0 radical (unpaired) electrons. The molecular weight excluding hydrogens is 457 g/mol. The van der Waals surface area contributed by atoms with Gasteiger partial charge in [0.2, 0.25) is 0 Å². The molecule has 1 aliphatic rings. The molecule has 0 atom stereocenters. The number of nitrogens with one attached hydrogen (secondary N) is 2. The van der Waals surface area contributed by atoms with Crippen molar-refractivity contribution >= 4 is 40.7 Å². The van der Waals surface area contributed by atoms with Crippen molar-refractivity contribution in [2.45, 2.75) is 64.8 Å². The monoisotopic (exact) mass is 489 g/mol. The Morgan fingerprint density at radius 1 is 1.09 bits per heavy atom. The quantitative estimate of drug-likeness (QED) is 0.356. The second-order valence-corrected chi connectivity index (χ2v) is 9.72. The van der Waals surface area contributed by atoms with Gasteiger partial charge in [-0.05, 0) is 61.1 Å². The molecule has 3 rings (SSSR count). The number of urea groups is 1. The minimum absolute atomic E-state index is 0.000692. The fraction of sp³-hybridized carbons (Fsp3) is 0.462. The summed E-state index contributed by atoms with van der Waals surface area (Å²) in [4.78, 5) is 26.3. The van der Waals surface area contributed by atoms with Crippen molar-refractivity contribution < 1.29 is 19.1 Å². The lowest BCUT2D eigenvalue weighted by molar-refractivity contribution is -0.136. The van der Waals surface area contributed by atoms with Crippen molar-refractivity contribution in [2.24, 2.45) is 5.92 Å². The predicted molar refractivity (Wildman–Crippen MR) is 136 cm³/mol. The lowest BCUT2D eigenvalue weighted by Crippen LogP contribution is -2.40. The Balaban J connectivity index is 1.90. The van der Waals surface area contributed by atoms with Gasteiger partial charge in [0.05, 0.1) is 17.1 Å². The van der Waals surface area contributed by atoms with Crippen molar-refractivity contribution in [3.63, 3.8) is 0 Å². The van der Waals surface area contributed by atoms with Crippen LogP contribution < -0.4 is 15.5 Å². The molecule has 1 saturated carbocycles. The third-order valence-corrected chi connectivity index (χ3v) is 6.24. The highest BCUT2D eigenvalue weighted by Crippen LogP contribution is 2.34. The van der Waals surface area contributed by atoms with E-state index in [4.69, 9.17) is 16.7 Å². The van der Waals surface area contributed by atoms with Crippen molar-refractivity contribution in [1.29, 1.82) is 0 Å². The molecule has 0 unspecified atom stereocenters. The normalized spacial score (nSPS) is 14.1. The van der Waals surface area contributed by atoms with Gasteiger partial charge in [0.15, 0.2) is 0 Å². The van der Waals surface area contributed by atoms with E-state index in [0.717, 1.165) is 36.7 Å². The van der Waals surface area contributed by atoms with Crippen LogP contribution in [0.15, 0.2) is 36.4 Å². The Morgan fingerprint density at radius 3 is 2.44 bits per heavy atom. The van der Waals surface area contributed by atoms with Gasteiger partial charge in [-0.25, -0.2) is 9.18 Å². The van der Waals surface area contributed by atoms with Crippen LogP contribution in [0.2, 0.25) is 5.02 Å². The van der Waals surface area contributed by atoms with Crippen LogP contribution in [-0.4, -0.2) is 29.7 Å². The molecule has 184 valence electrons. The second-order valence-electron chi connectivity index (χ2n) is 9.29. The maximum absolute atomic E-state index is 14.2. The van der Waals surface area contributed by atoms with Gasteiger partial charge in [-0.3, -0.25) is 4.79 Å². The van der Waals surface area contributed by atoms with Gasteiger partial charge in [-0.1, -0.05) is 50.8 Å². The molecule has 34 heavy (non-hydrogen) atoms.